The second kappa shape index (κ2) is 11.8. The predicted octanol–water partition coefficient (Wildman–Crippen LogP) is 3.47. The maximum atomic E-state index is 13.7. The molecule has 1 amide bonds. The number of rotatable bonds is 8. The van der Waals surface area contributed by atoms with Gasteiger partial charge in [0.25, 0.3) is 0 Å². The Kier molecular flexibility index (Phi) is 8.53. The molecule has 4 atom stereocenters. The molecule has 1 aromatic carbocycles. The molecule has 0 spiro atoms. The fourth-order valence-corrected chi connectivity index (χ4v) is 7.15. The number of aliphatic hydroxyl groups is 1. The van der Waals surface area contributed by atoms with Crippen LogP contribution in [0, 0.1) is 5.92 Å². The summed E-state index contributed by atoms with van der Waals surface area (Å²) < 4.78 is 27.2. The lowest BCUT2D eigenvalue weighted by Gasteiger charge is -2.35. The second-order valence-corrected chi connectivity index (χ2v) is 13.2. The molecule has 2 aromatic heterocycles. The summed E-state index contributed by atoms with van der Waals surface area (Å²) in [5.41, 5.74) is 2.27. The van der Waals surface area contributed by atoms with E-state index in [1.54, 1.807) is 18.2 Å². The van der Waals surface area contributed by atoms with Gasteiger partial charge in [-0.1, -0.05) is 29.3 Å². The van der Waals surface area contributed by atoms with Crippen LogP contribution < -0.4 is 10.5 Å². The molecule has 0 saturated heterocycles. The third-order valence-electron chi connectivity index (χ3n) is 7.21. The van der Waals surface area contributed by atoms with Crippen molar-refractivity contribution in [2.45, 2.75) is 37.5 Å². The van der Waals surface area contributed by atoms with Crippen LogP contribution >= 0.6 is 34.5 Å². The number of fused-ring (bicyclic) bond motifs is 1. The normalized spacial score (nSPS) is 22.4. The van der Waals surface area contributed by atoms with E-state index in [1.165, 1.54) is 17.4 Å². The average molecular weight is 643 g/mol. The quantitative estimate of drug-likeness (QED) is 0.265. The number of aromatic nitrogens is 2. The van der Waals surface area contributed by atoms with Gasteiger partial charge in [0.1, 0.15) is 12.1 Å². The number of carbonyl (C=O) groups is 2. The number of hydrogen-bond acceptors (Lipinski definition) is 10. The molecule has 1 aliphatic carbocycles. The van der Waals surface area contributed by atoms with Crippen molar-refractivity contribution in [2.24, 2.45) is 11.1 Å². The van der Waals surface area contributed by atoms with E-state index in [9.17, 15) is 28.2 Å². The number of benzene rings is 1. The molecule has 41 heavy (non-hydrogen) atoms. The molecule has 1 saturated carbocycles. The van der Waals surface area contributed by atoms with Gasteiger partial charge >= 0.3 is 16.4 Å². The summed E-state index contributed by atoms with van der Waals surface area (Å²) in [5, 5.41) is 28.8. The fourth-order valence-electron chi connectivity index (χ4n) is 5.33. The summed E-state index contributed by atoms with van der Waals surface area (Å²) in [5.74, 6) is -0.694. The number of carbonyl (C=O) groups excluding carboxylic acids is 1. The van der Waals surface area contributed by atoms with Crippen LogP contribution in [-0.4, -0.2) is 70.7 Å². The molecule has 2 aliphatic rings. The second-order valence-electron chi connectivity index (χ2n) is 9.84. The van der Waals surface area contributed by atoms with E-state index in [0.717, 1.165) is 16.9 Å². The van der Waals surface area contributed by atoms with Crippen molar-refractivity contribution in [1.29, 1.82) is 0 Å². The summed E-state index contributed by atoms with van der Waals surface area (Å²) in [7, 11) is -4.15. The van der Waals surface area contributed by atoms with E-state index in [-0.39, 0.29) is 46.2 Å². The lowest BCUT2D eigenvalue weighted by molar-refractivity contribution is 0.101. The Labute approximate surface area is 249 Å². The summed E-state index contributed by atoms with van der Waals surface area (Å²) in [6.07, 6.45) is 1.79. The van der Waals surface area contributed by atoms with Crippen molar-refractivity contribution >= 4 is 62.5 Å². The molecule has 0 radical (unpaired) electrons. The van der Waals surface area contributed by atoms with Gasteiger partial charge in [0.2, 0.25) is 5.78 Å². The first-order valence-electron chi connectivity index (χ1n) is 12.4. The van der Waals surface area contributed by atoms with Crippen LogP contribution in [0.15, 0.2) is 36.8 Å². The van der Waals surface area contributed by atoms with E-state index in [2.05, 4.69) is 19.5 Å². The van der Waals surface area contributed by atoms with Crippen molar-refractivity contribution < 1.29 is 32.4 Å². The molecule has 0 unspecified atom stereocenters. The Morgan fingerprint density at radius 3 is 2.73 bits per heavy atom. The van der Waals surface area contributed by atoms with Crippen LogP contribution in [0.3, 0.4) is 0 Å². The Hall–Kier alpha value is -2.85. The number of nitrogens with zero attached hydrogens (tertiary/aromatic N) is 3. The minimum absolute atomic E-state index is 0.151. The van der Waals surface area contributed by atoms with Crippen LogP contribution in [-0.2, 0) is 20.9 Å². The number of carboxylic acid groups (broad SMARTS) is 1. The highest BCUT2D eigenvalue weighted by Crippen LogP contribution is 2.43. The van der Waals surface area contributed by atoms with E-state index >= 15 is 0 Å². The molecule has 16 heteroatoms. The fraction of sp³-hybridized carbons (Fsp3) is 0.360. The van der Waals surface area contributed by atoms with Crippen LogP contribution in [0.1, 0.15) is 50.8 Å². The Bertz CT molecular complexity index is 1600. The lowest BCUT2D eigenvalue weighted by atomic mass is 9.89. The van der Waals surface area contributed by atoms with Crippen molar-refractivity contribution in [2.75, 3.05) is 18.5 Å². The van der Waals surface area contributed by atoms with Gasteiger partial charge in [-0.15, -0.1) is 11.3 Å². The van der Waals surface area contributed by atoms with Gasteiger partial charge in [0.15, 0.2) is 0 Å². The van der Waals surface area contributed by atoms with Gasteiger partial charge in [-0.3, -0.25) is 13.9 Å². The van der Waals surface area contributed by atoms with Crippen LogP contribution in [0.5, 0.6) is 0 Å². The highest BCUT2D eigenvalue weighted by atomic mass is 35.5. The maximum Gasteiger partial charge on any atom is 0.408 e. The Balaban J connectivity index is 1.40. The summed E-state index contributed by atoms with van der Waals surface area (Å²) in [6, 6.07) is 5.83. The smallest absolute Gasteiger partial charge is 0.408 e. The zero-order chi connectivity index (χ0) is 29.5. The minimum atomic E-state index is -4.15. The number of ketones is 1. The largest absolute Gasteiger partial charge is 0.465 e. The molecular formula is C25H25Cl2N5O7S2. The third kappa shape index (κ3) is 6.48. The number of thiophene rings is 1. The van der Waals surface area contributed by atoms with E-state index in [0.29, 0.717) is 29.0 Å². The van der Waals surface area contributed by atoms with Gasteiger partial charge in [0.05, 0.1) is 33.5 Å². The number of anilines is 1. The molecular weight excluding hydrogens is 617 g/mol. The zero-order valence-corrected chi connectivity index (χ0v) is 24.4. The average Bonchev–Trinajstić information content (AvgIpc) is 3.47. The van der Waals surface area contributed by atoms with Crippen LogP contribution in [0.2, 0.25) is 9.36 Å². The van der Waals surface area contributed by atoms with Crippen molar-refractivity contribution in [3.8, 4) is 0 Å². The first-order valence-corrected chi connectivity index (χ1v) is 15.5. The van der Waals surface area contributed by atoms with Crippen LogP contribution in [0.4, 0.5) is 10.6 Å². The molecule has 218 valence electrons. The zero-order valence-electron chi connectivity index (χ0n) is 21.2. The van der Waals surface area contributed by atoms with Gasteiger partial charge < -0.3 is 15.5 Å². The molecule has 5 rings (SSSR count). The van der Waals surface area contributed by atoms with Crippen molar-refractivity contribution in [3.63, 3.8) is 0 Å². The highest BCUT2D eigenvalue weighted by molar-refractivity contribution is 7.84. The summed E-state index contributed by atoms with van der Waals surface area (Å²) in [6.45, 7) is -0.0196. The topological polar surface area (TPSA) is 185 Å². The Morgan fingerprint density at radius 1 is 1.22 bits per heavy atom. The predicted molar refractivity (Wildman–Crippen MR) is 152 cm³/mol. The number of nitrogens with one attached hydrogen (secondary N) is 1. The molecule has 0 bridgehead atoms. The number of nitrogens with two attached hydrogens (primary N) is 1. The van der Waals surface area contributed by atoms with E-state index in [4.69, 9.17) is 28.3 Å². The molecule has 1 fully saturated rings. The first kappa shape index (κ1) is 29.6. The number of amides is 1. The Morgan fingerprint density at radius 2 is 2.00 bits per heavy atom. The summed E-state index contributed by atoms with van der Waals surface area (Å²) >= 11 is 13.9. The van der Waals surface area contributed by atoms with E-state index < -0.39 is 40.2 Å². The molecule has 12 nitrogen and oxygen atoms in total. The maximum absolute atomic E-state index is 13.7. The number of aliphatic hydroxyl groups excluding tert-OH is 1. The SMILES string of the molecule is NS(=O)(=O)OC[C@H]1C[C@@H](Nc2ncncc2C(=O)c2cc([C@@H]3c4cc(Cl)ccc4CCN3C(=O)O)c(Cl)s2)C[C@@H]1O. The number of halogens is 2. The van der Waals surface area contributed by atoms with Crippen LogP contribution in [0.25, 0.3) is 0 Å². The molecule has 3 heterocycles. The van der Waals surface area contributed by atoms with Crippen molar-refractivity contribution in [1.82, 2.24) is 14.9 Å². The highest BCUT2D eigenvalue weighted by Gasteiger charge is 2.37. The van der Waals surface area contributed by atoms with Gasteiger partial charge in [-0.25, -0.2) is 19.9 Å². The monoisotopic (exact) mass is 641 g/mol. The van der Waals surface area contributed by atoms with Gasteiger partial charge in [-0.2, -0.15) is 8.42 Å². The lowest BCUT2D eigenvalue weighted by Crippen LogP contribution is -2.39. The van der Waals surface area contributed by atoms with Crippen molar-refractivity contribution in [3.05, 3.63) is 73.3 Å². The number of hydrogen-bond donors (Lipinski definition) is 4. The molecule has 5 N–H and O–H groups in total. The third-order valence-corrected chi connectivity index (χ3v) is 9.30. The summed E-state index contributed by atoms with van der Waals surface area (Å²) in [4.78, 5) is 35.6. The van der Waals surface area contributed by atoms with E-state index in [1.807, 2.05) is 6.07 Å². The van der Waals surface area contributed by atoms with Gasteiger partial charge in [0, 0.05) is 35.3 Å². The minimum Gasteiger partial charge on any atom is -0.465 e. The standard InChI is InChI=1S/C25H25Cl2N5O7S2/c26-14-2-1-12-3-4-32(25(35)36)21(16(12)6-14)17-8-20(40-23(17)27)22(34)18-9-29-11-30-24(18)31-15-5-13(19(33)7-15)10-39-41(28,37)38/h1-2,6,8-9,11,13,15,19,21,33H,3-5,7,10H2,(H,35,36)(H2,28,37,38)(H,29,30,31)/t13-,15-,19+,21+/m1/s1. The first-order chi connectivity index (χ1) is 19.4. The molecule has 1 aliphatic heterocycles. The van der Waals surface area contributed by atoms with Gasteiger partial charge in [-0.05, 0) is 48.6 Å². The molecule has 3 aromatic rings.